The quantitative estimate of drug-likeness (QED) is 0.556. The minimum absolute atomic E-state index is 0. The van der Waals surface area contributed by atoms with Crippen molar-refractivity contribution >= 4 is 40.5 Å². The summed E-state index contributed by atoms with van der Waals surface area (Å²) in [4.78, 5) is 0. The predicted octanol–water partition coefficient (Wildman–Crippen LogP) is 0.333. The summed E-state index contributed by atoms with van der Waals surface area (Å²) >= 11 is 0. The molecule has 5 heteroatoms. The summed E-state index contributed by atoms with van der Waals surface area (Å²) in [5.74, 6) is 0. The van der Waals surface area contributed by atoms with E-state index in [1.54, 1.807) is 0 Å². The molecule has 40 valence electrons. The molecule has 0 saturated heterocycles. The first kappa shape index (κ1) is 56.4. The van der Waals surface area contributed by atoms with Crippen molar-refractivity contribution in [2.24, 2.45) is 0 Å². The molecule has 0 aliphatic carbocycles. The molecule has 0 aliphatic heterocycles. The van der Waals surface area contributed by atoms with Gasteiger partial charge < -0.3 is 0 Å². The van der Waals surface area contributed by atoms with Crippen molar-refractivity contribution in [3.63, 3.8) is 0 Å². The first-order valence-corrected chi connectivity index (χ1v) is 0. The van der Waals surface area contributed by atoms with Crippen molar-refractivity contribution in [3.8, 4) is 0 Å². The number of hydrogen-bond acceptors (Lipinski definition) is 0. The smallest absolute Gasteiger partial charge is 0 e. The molecule has 5 heavy (non-hydrogen) atoms. The first-order chi connectivity index (χ1) is 0. The fourth-order valence-corrected chi connectivity index (χ4v) is 0. The predicted molar refractivity (Wildman–Crippen MR) is 31.1 cm³/mol. The average Bonchev–Trinajstić information content (AvgIpc) is 0. The van der Waals surface area contributed by atoms with Crippen LogP contribution in [0.3, 0.4) is 0 Å². The molecular formula is H6NiS3W. The van der Waals surface area contributed by atoms with Gasteiger partial charge in [-0.1, -0.05) is 0 Å². The number of rotatable bonds is 0. The average molecular weight is 345 g/mol. The Morgan fingerprint density at radius 3 is 0.600 bits per heavy atom. The van der Waals surface area contributed by atoms with Gasteiger partial charge in [-0.2, -0.15) is 40.5 Å². The van der Waals surface area contributed by atoms with Crippen LogP contribution >= 0.6 is 40.5 Å². The molecule has 0 heterocycles. The normalized spacial score (nSPS) is 0. The molecule has 0 aromatic rings. The zero-order valence-electron chi connectivity index (χ0n) is 2.22. The van der Waals surface area contributed by atoms with Gasteiger partial charge >= 0.3 is 0 Å². The molecule has 0 aromatic heterocycles. The van der Waals surface area contributed by atoms with E-state index >= 15 is 0 Å². The minimum atomic E-state index is 0. The van der Waals surface area contributed by atoms with Gasteiger partial charge in [-0.05, 0) is 0 Å². The topological polar surface area (TPSA) is 0 Å². The molecule has 0 saturated carbocycles. The monoisotopic (exact) mass is 344 g/mol. The Morgan fingerprint density at radius 2 is 0.600 bits per heavy atom. The molecule has 0 fully saturated rings. The van der Waals surface area contributed by atoms with Gasteiger partial charge in [0.25, 0.3) is 0 Å². The van der Waals surface area contributed by atoms with Crippen molar-refractivity contribution in [3.05, 3.63) is 0 Å². The second-order valence-electron chi connectivity index (χ2n) is 0. The summed E-state index contributed by atoms with van der Waals surface area (Å²) < 4.78 is 0. The third kappa shape index (κ3) is 22.4. The Morgan fingerprint density at radius 1 is 0.600 bits per heavy atom. The molecule has 0 aliphatic rings. The first-order valence-electron chi connectivity index (χ1n) is 0. The maximum atomic E-state index is 0. The Kier molecular flexibility index (Phi) is 386. The van der Waals surface area contributed by atoms with Gasteiger partial charge in [0.15, 0.2) is 0 Å². The molecule has 0 aromatic carbocycles. The van der Waals surface area contributed by atoms with Crippen molar-refractivity contribution < 1.29 is 37.6 Å². The Bertz CT molecular complexity index is 6.85. The summed E-state index contributed by atoms with van der Waals surface area (Å²) in [5, 5.41) is 0. The maximum absolute atomic E-state index is 0. The third-order valence-electron chi connectivity index (χ3n) is 0. The summed E-state index contributed by atoms with van der Waals surface area (Å²) in [5.41, 5.74) is 0. The van der Waals surface area contributed by atoms with Crippen molar-refractivity contribution in [1.29, 1.82) is 0 Å². The molecule has 0 spiro atoms. The van der Waals surface area contributed by atoms with Crippen LogP contribution in [0.2, 0.25) is 0 Å². The Labute approximate surface area is 77.4 Å². The molecular weight excluding hydrogens is 339 g/mol. The van der Waals surface area contributed by atoms with Gasteiger partial charge in [-0.15, -0.1) is 0 Å². The van der Waals surface area contributed by atoms with Gasteiger partial charge in [-0.3, -0.25) is 0 Å². The van der Waals surface area contributed by atoms with E-state index in [0.717, 1.165) is 0 Å². The zero-order valence-corrected chi connectivity index (χ0v) is 9.15. The van der Waals surface area contributed by atoms with E-state index in [2.05, 4.69) is 0 Å². The van der Waals surface area contributed by atoms with E-state index in [0.29, 0.717) is 0 Å². The summed E-state index contributed by atoms with van der Waals surface area (Å²) in [6.07, 6.45) is 0. The second-order valence-corrected chi connectivity index (χ2v) is 0. The van der Waals surface area contributed by atoms with Gasteiger partial charge in [0, 0.05) is 37.6 Å². The van der Waals surface area contributed by atoms with Crippen molar-refractivity contribution in [1.82, 2.24) is 0 Å². The van der Waals surface area contributed by atoms with Crippen molar-refractivity contribution in [2.45, 2.75) is 0 Å². The van der Waals surface area contributed by atoms with E-state index in [1.165, 1.54) is 0 Å². The molecule has 0 unspecified atom stereocenters. The van der Waals surface area contributed by atoms with Crippen LogP contribution in [0.25, 0.3) is 0 Å². The van der Waals surface area contributed by atoms with Crippen LogP contribution in [-0.4, -0.2) is 0 Å². The van der Waals surface area contributed by atoms with E-state index < -0.39 is 0 Å². The van der Waals surface area contributed by atoms with Crippen LogP contribution in [0.4, 0.5) is 0 Å². The third-order valence-corrected chi connectivity index (χ3v) is 0. The number of hydrogen-bond donors (Lipinski definition) is 0. The fourth-order valence-electron chi connectivity index (χ4n) is 0. The van der Waals surface area contributed by atoms with Crippen LogP contribution < -0.4 is 0 Å². The SMILES string of the molecule is S.S.S.[Ni].[W]. The van der Waals surface area contributed by atoms with E-state index in [1.807, 2.05) is 0 Å². The summed E-state index contributed by atoms with van der Waals surface area (Å²) in [6.45, 7) is 0. The standard InChI is InChI=1S/Ni.3H2S.W/h;3*1H2;. The second kappa shape index (κ2) is 34.2. The van der Waals surface area contributed by atoms with Crippen LogP contribution in [-0.2, 0) is 37.6 Å². The van der Waals surface area contributed by atoms with E-state index in [9.17, 15) is 0 Å². The van der Waals surface area contributed by atoms with Crippen LogP contribution in [0.15, 0.2) is 0 Å². The van der Waals surface area contributed by atoms with Crippen LogP contribution in [0, 0.1) is 0 Å². The van der Waals surface area contributed by atoms with Crippen LogP contribution in [0.1, 0.15) is 0 Å². The van der Waals surface area contributed by atoms with Crippen molar-refractivity contribution in [2.75, 3.05) is 0 Å². The molecule has 0 atom stereocenters. The Balaban J connectivity index is 0. The fraction of sp³-hybridized carbons (Fsp3) is 0. The van der Waals surface area contributed by atoms with E-state index in [4.69, 9.17) is 0 Å². The Hall–Kier alpha value is 2.23. The largest absolute Gasteiger partial charge is 0.197 e. The van der Waals surface area contributed by atoms with Gasteiger partial charge in [-0.25, -0.2) is 0 Å². The molecule has 0 N–H and O–H groups in total. The maximum Gasteiger partial charge on any atom is 0 e. The molecule has 0 rings (SSSR count). The van der Waals surface area contributed by atoms with Gasteiger partial charge in [0.1, 0.15) is 0 Å². The minimum Gasteiger partial charge on any atom is -0.197 e. The van der Waals surface area contributed by atoms with E-state index in [-0.39, 0.29) is 78.0 Å². The zero-order chi connectivity index (χ0) is 0. The van der Waals surface area contributed by atoms with Gasteiger partial charge in [0.2, 0.25) is 0 Å². The summed E-state index contributed by atoms with van der Waals surface area (Å²) in [7, 11) is 0. The molecule has 0 bridgehead atoms. The summed E-state index contributed by atoms with van der Waals surface area (Å²) in [6, 6.07) is 0. The molecule has 0 nitrogen and oxygen atoms in total. The van der Waals surface area contributed by atoms with Gasteiger partial charge in [0.05, 0.1) is 0 Å². The van der Waals surface area contributed by atoms with Crippen LogP contribution in [0.5, 0.6) is 0 Å². The molecule has 0 amide bonds. The molecule has 0 radical (unpaired) electrons.